The third kappa shape index (κ3) is 5.14. The molecule has 5 nitrogen and oxygen atoms in total. The zero-order chi connectivity index (χ0) is 19.6. The molecule has 0 spiro atoms. The first-order chi connectivity index (χ1) is 12.8. The zero-order valence-electron chi connectivity index (χ0n) is 14.3. The number of hydrogen-bond acceptors (Lipinski definition) is 4. The number of hydrogen-bond donors (Lipinski definition) is 1. The summed E-state index contributed by atoms with van der Waals surface area (Å²) in [6.45, 7) is 4.77. The first-order valence-electron chi connectivity index (χ1n) is 8.30. The fraction of sp³-hybridized carbons (Fsp3) is 0.278. The molecular weight excluding hydrogens is 520 g/mol. The highest BCUT2D eigenvalue weighted by molar-refractivity contribution is 14.1. The van der Waals surface area contributed by atoms with E-state index in [2.05, 4.69) is 43.8 Å². The van der Waals surface area contributed by atoms with Gasteiger partial charge in [-0.05, 0) is 70.8 Å². The molecule has 27 heavy (non-hydrogen) atoms. The summed E-state index contributed by atoms with van der Waals surface area (Å²) in [5.41, 5.74) is 2.01. The zero-order valence-corrected chi connectivity index (χ0v) is 18.8. The van der Waals surface area contributed by atoms with E-state index in [1.54, 1.807) is 6.20 Å². The molecule has 9 heteroatoms. The van der Waals surface area contributed by atoms with Crippen molar-refractivity contribution >= 4 is 61.6 Å². The predicted molar refractivity (Wildman–Crippen MR) is 120 cm³/mol. The van der Waals surface area contributed by atoms with Gasteiger partial charge in [0.2, 0.25) is 10.0 Å². The Hall–Kier alpha value is -0.870. The molecule has 0 aliphatic carbocycles. The van der Waals surface area contributed by atoms with Crippen LogP contribution in [-0.2, 0) is 10.0 Å². The van der Waals surface area contributed by atoms with Gasteiger partial charge in [-0.3, -0.25) is 0 Å². The third-order valence-electron chi connectivity index (χ3n) is 4.44. The lowest BCUT2D eigenvalue weighted by molar-refractivity contribution is 0.461. The quantitative estimate of drug-likeness (QED) is 0.444. The van der Waals surface area contributed by atoms with Gasteiger partial charge in [0.15, 0.2) is 0 Å². The van der Waals surface area contributed by atoms with Crippen LogP contribution >= 0.6 is 45.8 Å². The first-order valence-corrected chi connectivity index (χ1v) is 11.7. The van der Waals surface area contributed by atoms with E-state index >= 15 is 0 Å². The third-order valence-corrected chi connectivity index (χ3v) is 7.15. The summed E-state index contributed by atoms with van der Waals surface area (Å²) in [6.07, 6.45) is 3.20. The lowest BCUT2D eigenvalue weighted by atomic mass is 10.0. The number of halogens is 3. The normalized spacial score (nSPS) is 15.7. The van der Waals surface area contributed by atoms with Gasteiger partial charge in [-0.15, -0.1) is 0 Å². The van der Waals surface area contributed by atoms with Gasteiger partial charge in [-0.1, -0.05) is 29.8 Å². The van der Waals surface area contributed by atoms with Crippen LogP contribution in [0.4, 0.5) is 5.82 Å². The Bertz CT molecular complexity index is 961. The van der Waals surface area contributed by atoms with Crippen LogP contribution in [0.1, 0.15) is 12.8 Å². The highest BCUT2D eigenvalue weighted by Gasteiger charge is 2.23. The van der Waals surface area contributed by atoms with E-state index in [9.17, 15) is 8.42 Å². The van der Waals surface area contributed by atoms with E-state index < -0.39 is 10.0 Å². The van der Waals surface area contributed by atoms with Gasteiger partial charge in [0.1, 0.15) is 5.82 Å². The van der Waals surface area contributed by atoms with Gasteiger partial charge < -0.3 is 4.90 Å². The average molecular weight is 538 g/mol. The van der Waals surface area contributed by atoms with Crippen LogP contribution in [-0.4, -0.2) is 32.5 Å². The lowest BCUT2D eigenvalue weighted by Gasteiger charge is -2.33. The molecule has 2 heterocycles. The number of nitrogens with one attached hydrogen (secondary N) is 1. The van der Waals surface area contributed by atoms with Gasteiger partial charge in [0.05, 0.1) is 10.0 Å². The Kier molecular flexibility index (Phi) is 6.68. The topological polar surface area (TPSA) is 62.3 Å². The molecule has 1 aliphatic heterocycles. The minimum Gasteiger partial charge on any atom is -0.356 e. The monoisotopic (exact) mass is 537 g/mol. The highest BCUT2D eigenvalue weighted by Crippen LogP contribution is 2.34. The van der Waals surface area contributed by atoms with E-state index in [0.29, 0.717) is 22.9 Å². The smallest absolute Gasteiger partial charge is 0.233 e. The van der Waals surface area contributed by atoms with Crippen molar-refractivity contribution in [2.45, 2.75) is 18.9 Å². The SMILES string of the molecule is C=CS(=O)(=O)NC1CCN(c2cc(-c3cc(Cl)c(Cl)cc3I)ccn2)CC1. The number of anilines is 1. The molecule has 144 valence electrons. The summed E-state index contributed by atoms with van der Waals surface area (Å²) >= 11 is 14.5. The molecule has 1 aromatic carbocycles. The second kappa shape index (κ2) is 8.65. The number of piperidine rings is 1. The van der Waals surface area contributed by atoms with Gasteiger partial charge in [-0.25, -0.2) is 18.1 Å². The molecule has 1 saturated heterocycles. The summed E-state index contributed by atoms with van der Waals surface area (Å²) in [6, 6.07) is 7.59. The van der Waals surface area contributed by atoms with Crippen molar-refractivity contribution in [1.29, 1.82) is 0 Å². The fourth-order valence-corrected chi connectivity index (χ4v) is 5.10. The van der Waals surface area contributed by atoms with Crippen molar-refractivity contribution in [3.05, 3.63) is 56.1 Å². The van der Waals surface area contributed by atoms with Crippen LogP contribution in [0.5, 0.6) is 0 Å². The summed E-state index contributed by atoms with van der Waals surface area (Å²) in [5, 5.41) is 1.99. The molecule has 1 N–H and O–H groups in total. The van der Waals surface area contributed by atoms with Crippen LogP contribution in [0.15, 0.2) is 42.4 Å². The van der Waals surface area contributed by atoms with Crippen molar-refractivity contribution < 1.29 is 8.42 Å². The number of rotatable bonds is 5. The standard InChI is InChI=1S/C18H18Cl2IN3O2S/c1-2-27(25,26)23-13-4-7-24(8-5-13)18-9-12(3-6-22-18)14-10-15(19)16(20)11-17(14)21/h2-3,6,9-11,13,23H,1,4-5,7-8H2. The van der Waals surface area contributed by atoms with Crippen LogP contribution < -0.4 is 9.62 Å². The largest absolute Gasteiger partial charge is 0.356 e. The van der Waals surface area contributed by atoms with Crippen LogP contribution in [0.25, 0.3) is 11.1 Å². The lowest BCUT2D eigenvalue weighted by Crippen LogP contribution is -2.44. The molecule has 1 fully saturated rings. The van der Waals surface area contributed by atoms with Gasteiger partial charge in [0, 0.05) is 34.3 Å². The predicted octanol–water partition coefficient (Wildman–Crippen LogP) is 4.69. The van der Waals surface area contributed by atoms with Crippen LogP contribution in [0, 0.1) is 3.57 Å². The molecule has 1 aromatic heterocycles. The molecule has 0 bridgehead atoms. The van der Waals surface area contributed by atoms with Gasteiger partial charge >= 0.3 is 0 Å². The van der Waals surface area contributed by atoms with E-state index in [4.69, 9.17) is 23.2 Å². The maximum atomic E-state index is 11.6. The van der Waals surface area contributed by atoms with E-state index in [1.165, 1.54) is 0 Å². The van der Waals surface area contributed by atoms with Crippen LogP contribution in [0.2, 0.25) is 10.0 Å². The molecule has 1 aliphatic rings. The van der Waals surface area contributed by atoms with E-state index in [0.717, 1.165) is 39.0 Å². The molecule has 0 unspecified atom stereocenters. The van der Waals surface area contributed by atoms with Gasteiger partial charge in [-0.2, -0.15) is 0 Å². The minimum absolute atomic E-state index is 0.0801. The molecule has 0 radical (unpaired) electrons. The second-order valence-electron chi connectivity index (χ2n) is 6.24. The maximum Gasteiger partial charge on any atom is 0.233 e. The number of nitrogens with zero attached hydrogens (tertiary/aromatic N) is 2. The van der Waals surface area contributed by atoms with Crippen molar-refractivity contribution in [1.82, 2.24) is 9.71 Å². The summed E-state index contributed by atoms with van der Waals surface area (Å²) in [5.74, 6) is 0.861. The molecular formula is C18H18Cl2IN3O2S. The summed E-state index contributed by atoms with van der Waals surface area (Å²) < 4.78 is 26.9. The number of sulfonamides is 1. The molecule has 2 aromatic rings. The molecule has 0 amide bonds. The summed E-state index contributed by atoms with van der Waals surface area (Å²) in [4.78, 5) is 6.64. The van der Waals surface area contributed by atoms with Crippen LogP contribution in [0.3, 0.4) is 0 Å². The molecule has 0 atom stereocenters. The van der Waals surface area contributed by atoms with Crippen molar-refractivity contribution in [2.24, 2.45) is 0 Å². The van der Waals surface area contributed by atoms with E-state index in [-0.39, 0.29) is 6.04 Å². The maximum absolute atomic E-state index is 11.6. The Morgan fingerprint density at radius 1 is 1.22 bits per heavy atom. The van der Waals surface area contributed by atoms with Crippen molar-refractivity contribution in [3.8, 4) is 11.1 Å². The molecule has 0 saturated carbocycles. The van der Waals surface area contributed by atoms with Crippen molar-refractivity contribution in [2.75, 3.05) is 18.0 Å². The second-order valence-corrected chi connectivity index (χ2v) is 9.88. The Morgan fingerprint density at radius 3 is 2.56 bits per heavy atom. The number of aromatic nitrogens is 1. The highest BCUT2D eigenvalue weighted by atomic mass is 127. The first kappa shape index (κ1) is 20.9. The number of pyridine rings is 1. The Morgan fingerprint density at radius 2 is 1.89 bits per heavy atom. The minimum atomic E-state index is -3.40. The fourth-order valence-electron chi connectivity index (χ4n) is 3.01. The Labute approximate surface area is 183 Å². The summed E-state index contributed by atoms with van der Waals surface area (Å²) in [7, 11) is -3.40. The Balaban J connectivity index is 1.76. The molecule has 3 rings (SSSR count). The number of benzene rings is 1. The van der Waals surface area contributed by atoms with Gasteiger partial charge in [0.25, 0.3) is 0 Å². The van der Waals surface area contributed by atoms with Crippen molar-refractivity contribution in [3.63, 3.8) is 0 Å². The average Bonchev–Trinajstić information content (AvgIpc) is 2.65. The van der Waals surface area contributed by atoms with E-state index in [1.807, 2.05) is 24.3 Å².